The van der Waals surface area contributed by atoms with Gasteiger partial charge in [-0.2, -0.15) is 0 Å². The summed E-state index contributed by atoms with van der Waals surface area (Å²) < 4.78 is 1.92. The minimum Gasteiger partial charge on any atom is -0.323 e. The second kappa shape index (κ2) is 3.98. The normalized spacial score (nSPS) is 10.7. The van der Waals surface area contributed by atoms with Crippen LogP contribution in [0.1, 0.15) is 15.9 Å². The number of aryl methyl sites for hydroxylation is 1. The van der Waals surface area contributed by atoms with Crippen molar-refractivity contribution < 1.29 is 9.63 Å². The Morgan fingerprint density at radius 2 is 2.19 bits per heavy atom. The van der Waals surface area contributed by atoms with Crippen LogP contribution in [0.15, 0.2) is 30.6 Å². The van der Waals surface area contributed by atoms with Crippen LogP contribution in [0, 0.1) is 6.92 Å². The van der Waals surface area contributed by atoms with E-state index in [9.17, 15) is 4.79 Å². The first-order valence-corrected chi connectivity index (χ1v) is 5.02. The van der Waals surface area contributed by atoms with E-state index in [4.69, 9.17) is 4.84 Å². The van der Waals surface area contributed by atoms with Crippen molar-refractivity contribution in [3.05, 3.63) is 41.7 Å². The number of hydroxylamine groups is 2. The van der Waals surface area contributed by atoms with Crippen molar-refractivity contribution >= 4 is 11.4 Å². The Balaban J connectivity index is 2.43. The van der Waals surface area contributed by atoms with Gasteiger partial charge >= 0.3 is 0 Å². The number of aromatic nitrogens is 1. The third kappa shape index (κ3) is 1.79. The molecule has 0 atom stereocenters. The zero-order chi connectivity index (χ0) is 11.7. The molecule has 2 aromatic rings. The lowest BCUT2D eigenvalue weighted by atomic mass is 10.2. The van der Waals surface area contributed by atoms with Crippen molar-refractivity contribution in [3.63, 3.8) is 0 Å². The fourth-order valence-corrected chi connectivity index (χ4v) is 1.60. The van der Waals surface area contributed by atoms with E-state index in [1.807, 2.05) is 35.7 Å². The molecule has 0 unspecified atom stereocenters. The number of carbonyl (C=O) groups is 1. The molecule has 1 amide bonds. The van der Waals surface area contributed by atoms with Crippen LogP contribution in [0.2, 0.25) is 0 Å². The van der Waals surface area contributed by atoms with E-state index in [0.717, 1.165) is 5.52 Å². The standard InChI is InChI=1S/C12H14N2O2/c1-9-4-5-14-8-10(7-11(14)6-9)12(15)13(2)16-3/h4-8H,1-3H3. The van der Waals surface area contributed by atoms with Gasteiger partial charge < -0.3 is 4.40 Å². The molecule has 0 radical (unpaired) electrons. The molecule has 0 N–H and O–H groups in total. The van der Waals surface area contributed by atoms with Crippen LogP contribution < -0.4 is 0 Å². The molecule has 84 valence electrons. The average Bonchev–Trinajstić information content (AvgIpc) is 2.69. The number of hydrogen-bond acceptors (Lipinski definition) is 2. The third-order valence-electron chi connectivity index (χ3n) is 2.56. The van der Waals surface area contributed by atoms with Gasteiger partial charge in [0.1, 0.15) is 0 Å². The summed E-state index contributed by atoms with van der Waals surface area (Å²) in [5.41, 5.74) is 2.80. The van der Waals surface area contributed by atoms with Gasteiger partial charge in [0.2, 0.25) is 0 Å². The topological polar surface area (TPSA) is 34.0 Å². The van der Waals surface area contributed by atoms with Gasteiger partial charge in [-0.25, -0.2) is 5.06 Å². The van der Waals surface area contributed by atoms with Crippen molar-refractivity contribution in [2.75, 3.05) is 14.2 Å². The van der Waals surface area contributed by atoms with Gasteiger partial charge in [-0.1, -0.05) is 0 Å². The average molecular weight is 218 g/mol. The quantitative estimate of drug-likeness (QED) is 0.721. The Hall–Kier alpha value is -1.81. The molecule has 2 aromatic heterocycles. The molecular formula is C12H14N2O2. The number of fused-ring (bicyclic) bond motifs is 1. The molecule has 0 saturated heterocycles. The summed E-state index contributed by atoms with van der Waals surface area (Å²) >= 11 is 0. The fraction of sp³-hybridized carbons (Fsp3) is 0.250. The van der Waals surface area contributed by atoms with Gasteiger partial charge in [-0.05, 0) is 30.7 Å². The molecule has 4 nitrogen and oxygen atoms in total. The molecule has 4 heteroatoms. The van der Waals surface area contributed by atoms with E-state index < -0.39 is 0 Å². The Bertz CT molecular complexity index is 531. The van der Waals surface area contributed by atoms with Crippen LogP contribution in [-0.2, 0) is 4.84 Å². The smallest absolute Gasteiger partial charge is 0.278 e. The Morgan fingerprint density at radius 3 is 2.88 bits per heavy atom. The van der Waals surface area contributed by atoms with Crippen LogP contribution >= 0.6 is 0 Å². The highest BCUT2D eigenvalue weighted by molar-refractivity contribution is 5.94. The molecule has 16 heavy (non-hydrogen) atoms. The number of carbonyl (C=O) groups excluding carboxylic acids is 1. The van der Waals surface area contributed by atoms with Gasteiger partial charge in [-0.15, -0.1) is 0 Å². The van der Waals surface area contributed by atoms with E-state index in [1.54, 1.807) is 13.2 Å². The van der Waals surface area contributed by atoms with E-state index >= 15 is 0 Å². The predicted molar refractivity (Wildman–Crippen MR) is 61.2 cm³/mol. The molecule has 0 bridgehead atoms. The number of hydrogen-bond donors (Lipinski definition) is 0. The van der Waals surface area contributed by atoms with Gasteiger partial charge in [0.05, 0.1) is 12.7 Å². The molecular weight excluding hydrogens is 204 g/mol. The maximum Gasteiger partial charge on any atom is 0.278 e. The highest BCUT2D eigenvalue weighted by atomic mass is 16.7. The molecule has 0 aromatic carbocycles. The first-order valence-electron chi connectivity index (χ1n) is 5.02. The van der Waals surface area contributed by atoms with Gasteiger partial charge in [-0.3, -0.25) is 9.63 Å². The molecule has 0 aliphatic carbocycles. The minimum atomic E-state index is -0.149. The van der Waals surface area contributed by atoms with Crippen LogP contribution in [0.4, 0.5) is 0 Å². The first kappa shape index (κ1) is 10.7. The summed E-state index contributed by atoms with van der Waals surface area (Å²) in [5.74, 6) is -0.149. The number of nitrogens with zero attached hydrogens (tertiary/aromatic N) is 2. The predicted octanol–water partition coefficient (Wildman–Crippen LogP) is 1.88. The van der Waals surface area contributed by atoms with Crippen molar-refractivity contribution in [1.82, 2.24) is 9.46 Å². The Morgan fingerprint density at radius 1 is 1.44 bits per heavy atom. The molecule has 0 aliphatic rings. The first-order chi connectivity index (χ1) is 7.61. The lowest BCUT2D eigenvalue weighted by Crippen LogP contribution is -2.24. The number of amides is 1. The highest BCUT2D eigenvalue weighted by Gasteiger charge is 2.13. The van der Waals surface area contributed by atoms with E-state index in [1.165, 1.54) is 17.7 Å². The highest BCUT2D eigenvalue weighted by Crippen LogP contribution is 2.13. The Kier molecular flexibility index (Phi) is 2.66. The van der Waals surface area contributed by atoms with Crippen LogP contribution in [0.3, 0.4) is 0 Å². The summed E-state index contributed by atoms with van der Waals surface area (Å²) in [4.78, 5) is 16.7. The van der Waals surface area contributed by atoms with E-state index in [0.29, 0.717) is 5.56 Å². The van der Waals surface area contributed by atoms with Crippen LogP contribution in [-0.4, -0.2) is 29.5 Å². The fourth-order valence-electron chi connectivity index (χ4n) is 1.60. The van der Waals surface area contributed by atoms with Crippen molar-refractivity contribution in [2.45, 2.75) is 6.92 Å². The Labute approximate surface area is 94.0 Å². The monoisotopic (exact) mass is 218 g/mol. The van der Waals surface area contributed by atoms with E-state index in [-0.39, 0.29) is 5.91 Å². The minimum absolute atomic E-state index is 0.149. The van der Waals surface area contributed by atoms with Gasteiger partial charge in [0.25, 0.3) is 5.91 Å². The molecule has 2 heterocycles. The van der Waals surface area contributed by atoms with E-state index in [2.05, 4.69) is 0 Å². The molecule has 0 saturated carbocycles. The second-order valence-electron chi connectivity index (χ2n) is 3.75. The molecule has 0 aliphatic heterocycles. The van der Waals surface area contributed by atoms with Gasteiger partial charge in [0, 0.05) is 25.0 Å². The SMILES string of the molecule is CON(C)C(=O)c1cc2cc(C)ccn2c1. The number of pyridine rings is 1. The molecule has 0 fully saturated rings. The number of rotatable bonds is 2. The van der Waals surface area contributed by atoms with Gasteiger partial charge in [0.15, 0.2) is 0 Å². The van der Waals surface area contributed by atoms with Crippen molar-refractivity contribution in [3.8, 4) is 0 Å². The van der Waals surface area contributed by atoms with Crippen LogP contribution in [0.5, 0.6) is 0 Å². The summed E-state index contributed by atoms with van der Waals surface area (Å²) in [6.45, 7) is 2.02. The zero-order valence-electron chi connectivity index (χ0n) is 9.60. The van der Waals surface area contributed by atoms with Crippen molar-refractivity contribution in [2.24, 2.45) is 0 Å². The second-order valence-corrected chi connectivity index (χ2v) is 3.75. The lowest BCUT2D eigenvalue weighted by molar-refractivity contribution is -0.0756. The van der Waals surface area contributed by atoms with Crippen molar-refractivity contribution in [1.29, 1.82) is 0 Å². The summed E-state index contributed by atoms with van der Waals surface area (Å²) in [6.07, 6.45) is 3.74. The molecule has 0 spiro atoms. The van der Waals surface area contributed by atoms with Crippen LogP contribution in [0.25, 0.3) is 5.52 Å². The maximum atomic E-state index is 11.8. The maximum absolute atomic E-state index is 11.8. The zero-order valence-corrected chi connectivity index (χ0v) is 9.60. The summed E-state index contributed by atoms with van der Waals surface area (Å²) in [6, 6.07) is 5.88. The summed E-state index contributed by atoms with van der Waals surface area (Å²) in [5, 5.41) is 1.21. The molecule has 2 rings (SSSR count). The third-order valence-corrected chi connectivity index (χ3v) is 2.56. The largest absolute Gasteiger partial charge is 0.323 e. The lowest BCUT2D eigenvalue weighted by Gasteiger charge is -2.11. The summed E-state index contributed by atoms with van der Waals surface area (Å²) in [7, 11) is 3.06.